The summed E-state index contributed by atoms with van der Waals surface area (Å²) in [7, 11) is 0. The molecule has 1 aliphatic rings. The quantitative estimate of drug-likeness (QED) is 0.617. The van der Waals surface area contributed by atoms with E-state index >= 15 is 0 Å². The second-order valence-electron chi connectivity index (χ2n) is 5.69. The van der Waals surface area contributed by atoms with E-state index in [1.807, 2.05) is 12.1 Å². The summed E-state index contributed by atoms with van der Waals surface area (Å²) in [4.78, 5) is 2.41. The van der Waals surface area contributed by atoms with E-state index in [1.165, 1.54) is 19.3 Å². The summed E-state index contributed by atoms with van der Waals surface area (Å²) in [6, 6.07) is 6.31. The second-order valence-corrected chi connectivity index (χ2v) is 6.09. The Bertz CT molecular complexity index is 466. The predicted molar refractivity (Wildman–Crippen MR) is 82.3 cm³/mol. The lowest BCUT2D eigenvalue weighted by atomic mass is 10.1. The lowest BCUT2D eigenvalue weighted by Gasteiger charge is -2.27. The number of rotatable bonds is 6. The van der Waals surface area contributed by atoms with Gasteiger partial charge in [0.05, 0.1) is 10.7 Å². The standard InChI is InChI=1S/C15H22ClN3/c1-10(2)7-8-19(12-4-5-12)14-6-3-11(15(17)18)9-13(14)16/h3,6,9-10,12H,4-5,7-8H2,1-2H3,(H3,17,18). The van der Waals surface area contributed by atoms with E-state index < -0.39 is 0 Å². The van der Waals surface area contributed by atoms with E-state index in [1.54, 1.807) is 6.07 Å². The van der Waals surface area contributed by atoms with E-state index in [9.17, 15) is 0 Å². The number of nitrogen functional groups attached to an aromatic ring is 1. The van der Waals surface area contributed by atoms with Crippen LogP contribution in [0.15, 0.2) is 18.2 Å². The van der Waals surface area contributed by atoms with E-state index in [-0.39, 0.29) is 5.84 Å². The minimum Gasteiger partial charge on any atom is -0.384 e. The molecule has 0 heterocycles. The van der Waals surface area contributed by atoms with Gasteiger partial charge in [-0.2, -0.15) is 0 Å². The zero-order valence-electron chi connectivity index (χ0n) is 11.6. The number of hydrogen-bond acceptors (Lipinski definition) is 2. The van der Waals surface area contributed by atoms with Crippen molar-refractivity contribution < 1.29 is 0 Å². The van der Waals surface area contributed by atoms with E-state index in [0.29, 0.717) is 22.5 Å². The van der Waals surface area contributed by atoms with E-state index in [0.717, 1.165) is 12.2 Å². The van der Waals surface area contributed by atoms with Crippen molar-refractivity contribution in [2.24, 2.45) is 11.7 Å². The highest BCUT2D eigenvalue weighted by atomic mass is 35.5. The van der Waals surface area contributed by atoms with Crippen LogP contribution in [0.3, 0.4) is 0 Å². The molecular weight excluding hydrogens is 258 g/mol. The summed E-state index contributed by atoms with van der Waals surface area (Å²) in [5.41, 5.74) is 7.26. The highest BCUT2D eigenvalue weighted by Crippen LogP contribution is 2.36. The fourth-order valence-electron chi connectivity index (χ4n) is 2.19. The molecule has 2 rings (SSSR count). The van der Waals surface area contributed by atoms with Crippen LogP contribution >= 0.6 is 11.6 Å². The number of nitrogens with one attached hydrogen (secondary N) is 1. The normalized spacial score (nSPS) is 14.7. The molecule has 0 unspecified atom stereocenters. The number of benzene rings is 1. The largest absolute Gasteiger partial charge is 0.384 e. The maximum Gasteiger partial charge on any atom is 0.122 e. The molecule has 1 fully saturated rings. The molecular formula is C15H22ClN3. The van der Waals surface area contributed by atoms with Gasteiger partial charge >= 0.3 is 0 Å². The Morgan fingerprint density at radius 1 is 1.47 bits per heavy atom. The fourth-order valence-corrected chi connectivity index (χ4v) is 2.48. The lowest BCUT2D eigenvalue weighted by Crippen LogP contribution is -2.28. The molecule has 0 aromatic heterocycles. The summed E-state index contributed by atoms with van der Waals surface area (Å²) in [5, 5.41) is 8.15. The van der Waals surface area contributed by atoms with Gasteiger partial charge in [-0.25, -0.2) is 0 Å². The molecule has 19 heavy (non-hydrogen) atoms. The van der Waals surface area contributed by atoms with Crippen LogP contribution in [0.2, 0.25) is 5.02 Å². The predicted octanol–water partition coefficient (Wildman–Crippen LogP) is 3.64. The Labute approximate surface area is 120 Å². The lowest BCUT2D eigenvalue weighted by molar-refractivity contribution is 0.571. The number of anilines is 1. The Kier molecular flexibility index (Phi) is 4.35. The van der Waals surface area contributed by atoms with Crippen molar-refractivity contribution in [3.8, 4) is 0 Å². The SMILES string of the molecule is CC(C)CCN(c1ccc(C(=N)N)cc1Cl)C1CC1. The van der Waals surface area contributed by atoms with Crippen molar-refractivity contribution in [2.45, 2.75) is 39.2 Å². The van der Waals surface area contributed by atoms with Gasteiger partial charge in [0.1, 0.15) is 5.84 Å². The van der Waals surface area contributed by atoms with Gasteiger partial charge in [-0.3, -0.25) is 5.41 Å². The molecule has 0 saturated heterocycles. The van der Waals surface area contributed by atoms with Gasteiger partial charge in [0.25, 0.3) is 0 Å². The topological polar surface area (TPSA) is 53.1 Å². The highest BCUT2D eigenvalue weighted by molar-refractivity contribution is 6.33. The summed E-state index contributed by atoms with van der Waals surface area (Å²) in [6.07, 6.45) is 3.67. The number of nitrogens with zero attached hydrogens (tertiary/aromatic N) is 1. The van der Waals surface area contributed by atoms with Crippen LogP contribution in [-0.2, 0) is 0 Å². The Hall–Kier alpha value is -1.22. The third-order valence-corrected chi connectivity index (χ3v) is 3.81. The Morgan fingerprint density at radius 2 is 2.16 bits per heavy atom. The third kappa shape index (κ3) is 3.63. The van der Waals surface area contributed by atoms with Crippen LogP contribution in [0.5, 0.6) is 0 Å². The molecule has 3 nitrogen and oxygen atoms in total. The minimum atomic E-state index is 0.0635. The Morgan fingerprint density at radius 3 is 2.63 bits per heavy atom. The van der Waals surface area contributed by atoms with Gasteiger partial charge < -0.3 is 10.6 Å². The number of halogens is 1. The van der Waals surface area contributed by atoms with Crippen molar-refractivity contribution in [1.29, 1.82) is 5.41 Å². The highest BCUT2D eigenvalue weighted by Gasteiger charge is 2.30. The van der Waals surface area contributed by atoms with Gasteiger partial charge in [0.2, 0.25) is 0 Å². The molecule has 0 radical (unpaired) electrons. The number of hydrogen-bond donors (Lipinski definition) is 2. The fraction of sp³-hybridized carbons (Fsp3) is 0.533. The van der Waals surface area contributed by atoms with Crippen molar-refractivity contribution in [2.75, 3.05) is 11.4 Å². The minimum absolute atomic E-state index is 0.0635. The van der Waals surface area contributed by atoms with Crippen molar-refractivity contribution in [1.82, 2.24) is 0 Å². The monoisotopic (exact) mass is 279 g/mol. The van der Waals surface area contributed by atoms with Crippen molar-refractivity contribution >= 4 is 23.1 Å². The molecule has 1 aromatic carbocycles. The summed E-state index contributed by atoms with van der Waals surface area (Å²) in [5.74, 6) is 0.755. The molecule has 3 N–H and O–H groups in total. The maximum atomic E-state index is 7.45. The summed E-state index contributed by atoms with van der Waals surface area (Å²) >= 11 is 6.36. The van der Waals surface area contributed by atoms with Crippen molar-refractivity contribution in [3.05, 3.63) is 28.8 Å². The zero-order valence-corrected chi connectivity index (χ0v) is 12.4. The first-order chi connectivity index (χ1) is 8.99. The molecule has 0 atom stereocenters. The number of nitrogens with two attached hydrogens (primary N) is 1. The van der Waals surface area contributed by atoms with Crippen LogP contribution in [0, 0.1) is 11.3 Å². The van der Waals surface area contributed by atoms with Gasteiger partial charge in [0, 0.05) is 18.2 Å². The van der Waals surface area contributed by atoms with E-state index in [2.05, 4.69) is 18.7 Å². The van der Waals surface area contributed by atoms with Crippen LogP contribution in [-0.4, -0.2) is 18.4 Å². The maximum absolute atomic E-state index is 7.45. The molecule has 0 aliphatic heterocycles. The van der Waals surface area contributed by atoms with Gasteiger partial charge in [-0.15, -0.1) is 0 Å². The summed E-state index contributed by atoms with van der Waals surface area (Å²) in [6.45, 7) is 5.53. The Balaban J connectivity index is 2.19. The van der Waals surface area contributed by atoms with Crippen LogP contribution < -0.4 is 10.6 Å². The van der Waals surface area contributed by atoms with Crippen LogP contribution in [0.25, 0.3) is 0 Å². The molecule has 0 amide bonds. The number of amidine groups is 1. The average molecular weight is 280 g/mol. The molecule has 1 aliphatic carbocycles. The van der Waals surface area contributed by atoms with Gasteiger partial charge in [-0.1, -0.05) is 25.4 Å². The second kappa shape index (κ2) is 5.83. The molecule has 0 bridgehead atoms. The molecule has 1 saturated carbocycles. The molecule has 4 heteroatoms. The molecule has 104 valence electrons. The van der Waals surface area contributed by atoms with Crippen molar-refractivity contribution in [3.63, 3.8) is 0 Å². The first-order valence-corrected chi connectivity index (χ1v) is 7.27. The first-order valence-electron chi connectivity index (χ1n) is 6.89. The first kappa shape index (κ1) is 14.2. The molecule has 1 aromatic rings. The van der Waals surface area contributed by atoms with E-state index in [4.69, 9.17) is 22.7 Å². The summed E-state index contributed by atoms with van der Waals surface area (Å²) < 4.78 is 0. The van der Waals surface area contributed by atoms with Crippen LogP contribution in [0.1, 0.15) is 38.7 Å². The smallest absolute Gasteiger partial charge is 0.122 e. The zero-order chi connectivity index (χ0) is 14.0. The van der Waals surface area contributed by atoms with Crippen LogP contribution in [0.4, 0.5) is 5.69 Å². The van der Waals surface area contributed by atoms with Gasteiger partial charge in [0.15, 0.2) is 0 Å². The molecule has 0 spiro atoms. The third-order valence-electron chi connectivity index (χ3n) is 3.50. The van der Waals surface area contributed by atoms with Gasteiger partial charge in [-0.05, 0) is 43.4 Å². The average Bonchev–Trinajstić information content (AvgIpc) is 3.14.